The molecule has 5 heteroatoms. The van der Waals surface area contributed by atoms with Crippen LogP contribution in [0.3, 0.4) is 0 Å². The number of aromatic nitrogens is 1. The van der Waals surface area contributed by atoms with Crippen LogP contribution in [0.2, 0.25) is 0 Å². The van der Waals surface area contributed by atoms with Gasteiger partial charge in [-0.3, -0.25) is 0 Å². The van der Waals surface area contributed by atoms with Crippen molar-refractivity contribution >= 4 is 22.7 Å². The first kappa shape index (κ1) is 15.3. The number of carboxylic acid groups (broad SMARTS) is 1. The van der Waals surface area contributed by atoms with Crippen LogP contribution in [0.1, 0.15) is 24.2 Å². The molecule has 21 heavy (non-hydrogen) atoms. The lowest BCUT2D eigenvalue weighted by Crippen LogP contribution is -2.30. The molecule has 1 heterocycles. The number of carbonyl (C=O) groups is 1. The Kier molecular flexibility index (Phi) is 4.75. The second-order valence-electron chi connectivity index (χ2n) is 5.32. The van der Waals surface area contributed by atoms with Gasteiger partial charge in [-0.1, -0.05) is 19.9 Å². The molecule has 1 aromatic heterocycles. The molecule has 0 radical (unpaired) electrons. The van der Waals surface area contributed by atoms with Gasteiger partial charge in [0, 0.05) is 12.5 Å². The number of rotatable bonds is 6. The maximum atomic E-state index is 11.2. The van der Waals surface area contributed by atoms with Gasteiger partial charge in [0.05, 0.1) is 23.7 Å². The minimum atomic E-state index is -0.942. The molecule has 1 aromatic carbocycles. The number of hydrogen-bond donors (Lipinski definition) is 2. The SMILES string of the molecule is COCC(Nc1ccc2c(C(=O)O)cccc2n1)C(C)C. The Morgan fingerprint density at radius 2 is 2.10 bits per heavy atom. The molecule has 0 aliphatic carbocycles. The van der Waals surface area contributed by atoms with E-state index in [0.717, 1.165) is 5.82 Å². The monoisotopic (exact) mass is 288 g/mol. The van der Waals surface area contributed by atoms with Crippen LogP contribution >= 0.6 is 0 Å². The van der Waals surface area contributed by atoms with E-state index in [0.29, 0.717) is 23.4 Å². The second kappa shape index (κ2) is 6.54. The summed E-state index contributed by atoms with van der Waals surface area (Å²) in [5, 5.41) is 13.2. The first-order chi connectivity index (χ1) is 10.0. The number of ether oxygens (including phenoxy) is 1. The van der Waals surface area contributed by atoms with E-state index in [4.69, 9.17) is 4.74 Å². The molecular weight excluding hydrogens is 268 g/mol. The third-order valence-corrected chi connectivity index (χ3v) is 3.45. The Bertz CT molecular complexity index is 640. The van der Waals surface area contributed by atoms with E-state index in [9.17, 15) is 9.90 Å². The quantitative estimate of drug-likeness (QED) is 0.855. The zero-order chi connectivity index (χ0) is 15.4. The minimum Gasteiger partial charge on any atom is -0.478 e. The Morgan fingerprint density at radius 1 is 1.33 bits per heavy atom. The molecule has 0 aliphatic heterocycles. The fourth-order valence-electron chi connectivity index (χ4n) is 2.19. The number of methoxy groups -OCH3 is 1. The van der Waals surface area contributed by atoms with Crippen molar-refractivity contribution in [3.8, 4) is 0 Å². The zero-order valence-corrected chi connectivity index (χ0v) is 12.5. The summed E-state index contributed by atoms with van der Waals surface area (Å²) in [5.74, 6) is 0.177. The fourth-order valence-corrected chi connectivity index (χ4v) is 2.19. The van der Waals surface area contributed by atoms with E-state index >= 15 is 0 Å². The number of pyridine rings is 1. The van der Waals surface area contributed by atoms with Gasteiger partial charge in [-0.15, -0.1) is 0 Å². The number of carboxylic acids is 1. The fraction of sp³-hybridized carbons (Fsp3) is 0.375. The summed E-state index contributed by atoms with van der Waals surface area (Å²) in [6.07, 6.45) is 0. The third kappa shape index (κ3) is 3.49. The molecule has 2 aromatic rings. The number of hydrogen-bond acceptors (Lipinski definition) is 4. The number of nitrogens with zero attached hydrogens (tertiary/aromatic N) is 1. The summed E-state index contributed by atoms with van der Waals surface area (Å²) in [6.45, 7) is 4.81. The predicted octanol–water partition coefficient (Wildman–Crippen LogP) is 3.02. The highest BCUT2D eigenvalue weighted by molar-refractivity contribution is 6.02. The standard InChI is InChI=1S/C16H20N2O3/c1-10(2)14(9-21-3)18-15-8-7-11-12(16(19)20)5-4-6-13(11)17-15/h4-8,10,14H,9H2,1-3H3,(H,17,18)(H,19,20). The Balaban J connectivity index is 2.33. The van der Waals surface area contributed by atoms with Crippen molar-refractivity contribution in [2.75, 3.05) is 19.0 Å². The maximum Gasteiger partial charge on any atom is 0.336 e. The van der Waals surface area contributed by atoms with Gasteiger partial charge >= 0.3 is 5.97 Å². The van der Waals surface area contributed by atoms with E-state index in [-0.39, 0.29) is 11.6 Å². The maximum absolute atomic E-state index is 11.2. The van der Waals surface area contributed by atoms with Crippen LogP contribution in [0.4, 0.5) is 5.82 Å². The molecule has 0 bridgehead atoms. The molecule has 0 spiro atoms. The molecule has 112 valence electrons. The highest BCUT2D eigenvalue weighted by atomic mass is 16.5. The van der Waals surface area contributed by atoms with Crippen molar-refractivity contribution in [1.82, 2.24) is 4.98 Å². The van der Waals surface area contributed by atoms with Gasteiger partial charge in [-0.2, -0.15) is 0 Å². The van der Waals surface area contributed by atoms with E-state index in [2.05, 4.69) is 24.1 Å². The molecule has 0 aliphatic rings. The highest BCUT2D eigenvalue weighted by Crippen LogP contribution is 2.20. The second-order valence-corrected chi connectivity index (χ2v) is 5.32. The van der Waals surface area contributed by atoms with Crippen LogP contribution in [0, 0.1) is 5.92 Å². The summed E-state index contributed by atoms with van der Waals surface area (Å²) in [7, 11) is 1.67. The average Bonchev–Trinajstić information content (AvgIpc) is 2.45. The molecule has 2 N–H and O–H groups in total. The van der Waals surface area contributed by atoms with Crippen LogP contribution in [0.5, 0.6) is 0 Å². The van der Waals surface area contributed by atoms with E-state index < -0.39 is 5.97 Å². The molecule has 1 atom stereocenters. The predicted molar refractivity (Wildman–Crippen MR) is 82.8 cm³/mol. The number of fused-ring (bicyclic) bond motifs is 1. The van der Waals surface area contributed by atoms with Gasteiger partial charge in [-0.05, 0) is 30.2 Å². The van der Waals surface area contributed by atoms with Crippen molar-refractivity contribution in [2.45, 2.75) is 19.9 Å². The van der Waals surface area contributed by atoms with Crippen molar-refractivity contribution in [1.29, 1.82) is 0 Å². The molecule has 5 nitrogen and oxygen atoms in total. The van der Waals surface area contributed by atoms with Crippen molar-refractivity contribution in [3.05, 3.63) is 35.9 Å². The molecule has 2 rings (SSSR count). The summed E-state index contributed by atoms with van der Waals surface area (Å²) in [4.78, 5) is 15.7. The smallest absolute Gasteiger partial charge is 0.336 e. The van der Waals surface area contributed by atoms with Crippen LogP contribution < -0.4 is 5.32 Å². The van der Waals surface area contributed by atoms with Crippen molar-refractivity contribution in [2.24, 2.45) is 5.92 Å². The van der Waals surface area contributed by atoms with Gasteiger partial charge in [-0.25, -0.2) is 9.78 Å². The molecule has 0 fully saturated rings. The lowest BCUT2D eigenvalue weighted by atomic mass is 10.1. The first-order valence-corrected chi connectivity index (χ1v) is 6.91. The first-order valence-electron chi connectivity index (χ1n) is 6.91. The minimum absolute atomic E-state index is 0.155. The van der Waals surface area contributed by atoms with E-state index in [1.807, 2.05) is 6.07 Å². The van der Waals surface area contributed by atoms with Crippen molar-refractivity contribution < 1.29 is 14.6 Å². The largest absolute Gasteiger partial charge is 0.478 e. The molecule has 0 saturated carbocycles. The zero-order valence-electron chi connectivity index (χ0n) is 12.5. The highest BCUT2D eigenvalue weighted by Gasteiger charge is 2.14. The lowest BCUT2D eigenvalue weighted by Gasteiger charge is -2.22. The van der Waals surface area contributed by atoms with E-state index in [1.54, 1.807) is 31.4 Å². The lowest BCUT2D eigenvalue weighted by molar-refractivity contribution is 0.0699. The van der Waals surface area contributed by atoms with Gasteiger partial charge in [0.1, 0.15) is 5.82 Å². The van der Waals surface area contributed by atoms with Gasteiger partial charge in [0.25, 0.3) is 0 Å². The van der Waals surface area contributed by atoms with Crippen molar-refractivity contribution in [3.63, 3.8) is 0 Å². The molecular formula is C16H20N2O3. The normalized spacial score (nSPS) is 12.6. The topological polar surface area (TPSA) is 71.5 Å². The number of nitrogens with one attached hydrogen (secondary N) is 1. The Hall–Kier alpha value is -2.14. The van der Waals surface area contributed by atoms with Crippen LogP contribution in [0.25, 0.3) is 10.9 Å². The van der Waals surface area contributed by atoms with Crippen LogP contribution in [0.15, 0.2) is 30.3 Å². The van der Waals surface area contributed by atoms with Gasteiger partial charge in [0.2, 0.25) is 0 Å². The van der Waals surface area contributed by atoms with Gasteiger partial charge < -0.3 is 15.2 Å². The summed E-state index contributed by atoms with van der Waals surface area (Å²) in [6, 6.07) is 8.85. The third-order valence-electron chi connectivity index (χ3n) is 3.45. The van der Waals surface area contributed by atoms with Crippen LogP contribution in [-0.2, 0) is 4.74 Å². The summed E-state index contributed by atoms with van der Waals surface area (Å²) in [5.41, 5.74) is 0.934. The Labute approximate surface area is 124 Å². The Morgan fingerprint density at radius 3 is 2.71 bits per heavy atom. The molecule has 0 amide bonds. The number of aromatic carboxylic acids is 1. The number of anilines is 1. The summed E-state index contributed by atoms with van der Waals surface area (Å²) < 4.78 is 5.21. The van der Waals surface area contributed by atoms with Gasteiger partial charge in [0.15, 0.2) is 0 Å². The molecule has 0 saturated heterocycles. The van der Waals surface area contributed by atoms with Crippen LogP contribution in [-0.4, -0.2) is 35.8 Å². The van der Waals surface area contributed by atoms with E-state index in [1.165, 1.54) is 0 Å². The average molecular weight is 288 g/mol. The number of benzene rings is 1. The summed E-state index contributed by atoms with van der Waals surface area (Å²) >= 11 is 0. The molecule has 1 unspecified atom stereocenters.